The number of benzene rings is 1. The van der Waals surface area contributed by atoms with Crippen LogP contribution < -0.4 is 10.7 Å². The average Bonchev–Trinajstić information content (AvgIpc) is 2.52. The standard InChI is InChI=1S/C17H17NO6/c1-9-3-5-13-12(7-9)16(21)11(8-24-13)4-6-14(20)18-15(10(2)19)17(22)23/h3-8,10,15,19H,1-2H3,(H,18,20)(H,22,23)/b6-4+. The second-order valence-electron chi connectivity index (χ2n) is 5.42. The van der Waals surface area contributed by atoms with Crippen molar-refractivity contribution in [3.63, 3.8) is 0 Å². The number of carbonyl (C=O) groups is 2. The van der Waals surface area contributed by atoms with E-state index in [1.807, 2.05) is 13.0 Å². The van der Waals surface area contributed by atoms with Gasteiger partial charge in [0, 0.05) is 6.08 Å². The van der Waals surface area contributed by atoms with Crippen LogP contribution in [-0.4, -0.2) is 34.2 Å². The molecule has 3 N–H and O–H groups in total. The van der Waals surface area contributed by atoms with Gasteiger partial charge in [-0.3, -0.25) is 9.59 Å². The van der Waals surface area contributed by atoms with Gasteiger partial charge in [0.05, 0.1) is 17.1 Å². The summed E-state index contributed by atoms with van der Waals surface area (Å²) in [7, 11) is 0. The molecule has 0 spiro atoms. The summed E-state index contributed by atoms with van der Waals surface area (Å²) < 4.78 is 5.35. The number of hydrogen-bond acceptors (Lipinski definition) is 5. The van der Waals surface area contributed by atoms with Gasteiger partial charge in [-0.1, -0.05) is 11.6 Å². The summed E-state index contributed by atoms with van der Waals surface area (Å²) in [6.07, 6.45) is 2.23. The van der Waals surface area contributed by atoms with E-state index in [2.05, 4.69) is 5.32 Å². The predicted octanol–water partition coefficient (Wildman–Crippen LogP) is 1.06. The topological polar surface area (TPSA) is 117 Å². The first-order valence-electron chi connectivity index (χ1n) is 7.21. The Morgan fingerprint density at radius 3 is 2.67 bits per heavy atom. The molecule has 2 rings (SSSR count). The van der Waals surface area contributed by atoms with Crippen molar-refractivity contribution in [1.29, 1.82) is 0 Å². The molecule has 7 heteroatoms. The number of aliphatic carboxylic acids is 1. The third-order valence-corrected chi connectivity index (χ3v) is 3.42. The van der Waals surface area contributed by atoms with E-state index in [0.29, 0.717) is 11.0 Å². The molecule has 1 heterocycles. The number of rotatable bonds is 5. The fourth-order valence-electron chi connectivity index (χ4n) is 2.13. The van der Waals surface area contributed by atoms with Crippen LogP contribution in [0.15, 0.2) is 39.7 Å². The van der Waals surface area contributed by atoms with Gasteiger partial charge in [0.25, 0.3) is 0 Å². The maximum absolute atomic E-state index is 12.4. The molecule has 0 radical (unpaired) electrons. The highest BCUT2D eigenvalue weighted by Gasteiger charge is 2.24. The monoisotopic (exact) mass is 331 g/mol. The number of aryl methyl sites for hydroxylation is 1. The first kappa shape index (κ1) is 17.4. The zero-order valence-electron chi connectivity index (χ0n) is 13.1. The fourth-order valence-corrected chi connectivity index (χ4v) is 2.13. The van der Waals surface area contributed by atoms with Crippen molar-refractivity contribution < 1.29 is 24.2 Å². The number of amides is 1. The van der Waals surface area contributed by atoms with Crippen LogP contribution in [0.2, 0.25) is 0 Å². The highest BCUT2D eigenvalue weighted by atomic mass is 16.4. The van der Waals surface area contributed by atoms with E-state index in [1.165, 1.54) is 19.3 Å². The van der Waals surface area contributed by atoms with E-state index in [-0.39, 0.29) is 11.0 Å². The Labute approximate surface area is 137 Å². The molecule has 2 aromatic rings. The molecule has 7 nitrogen and oxygen atoms in total. The minimum absolute atomic E-state index is 0.159. The molecule has 0 saturated carbocycles. The maximum Gasteiger partial charge on any atom is 0.328 e. The molecule has 24 heavy (non-hydrogen) atoms. The number of aliphatic hydroxyl groups excluding tert-OH is 1. The van der Waals surface area contributed by atoms with E-state index in [1.54, 1.807) is 12.1 Å². The number of carboxylic acid groups (broad SMARTS) is 1. The van der Waals surface area contributed by atoms with Gasteiger partial charge >= 0.3 is 5.97 Å². The summed E-state index contributed by atoms with van der Waals surface area (Å²) >= 11 is 0. The molecule has 0 aliphatic carbocycles. The van der Waals surface area contributed by atoms with Gasteiger partial charge in [0.1, 0.15) is 11.8 Å². The molecule has 1 aromatic heterocycles. The Kier molecular flexibility index (Phi) is 5.15. The SMILES string of the molecule is Cc1ccc2occ(/C=C/C(=O)NC(C(=O)O)C(C)O)c(=O)c2c1. The van der Waals surface area contributed by atoms with Crippen LogP contribution in [0, 0.1) is 6.92 Å². The van der Waals surface area contributed by atoms with E-state index < -0.39 is 24.0 Å². The molecule has 2 unspecified atom stereocenters. The Morgan fingerprint density at radius 2 is 2.04 bits per heavy atom. The third kappa shape index (κ3) is 3.88. The zero-order chi connectivity index (χ0) is 17.9. The Morgan fingerprint density at radius 1 is 1.33 bits per heavy atom. The zero-order valence-corrected chi connectivity index (χ0v) is 13.1. The quantitative estimate of drug-likeness (QED) is 0.706. The van der Waals surface area contributed by atoms with Crippen LogP contribution in [0.1, 0.15) is 18.1 Å². The minimum atomic E-state index is -1.43. The number of carbonyl (C=O) groups excluding carboxylic acids is 1. The Bertz CT molecular complexity index is 865. The van der Waals surface area contributed by atoms with Crippen molar-refractivity contribution in [3.8, 4) is 0 Å². The summed E-state index contributed by atoms with van der Waals surface area (Å²) in [4.78, 5) is 35.0. The van der Waals surface area contributed by atoms with Crippen LogP contribution in [0.3, 0.4) is 0 Å². The molecule has 2 atom stereocenters. The summed E-state index contributed by atoms with van der Waals surface area (Å²) in [6, 6.07) is 3.76. The number of carboxylic acids is 1. The van der Waals surface area contributed by atoms with Crippen molar-refractivity contribution in [2.75, 3.05) is 0 Å². The van der Waals surface area contributed by atoms with Crippen LogP contribution in [0.25, 0.3) is 17.0 Å². The van der Waals surface area contributed by atoms with Gasteiger partial charge in [-0.05, 0) is 32.1 Å². The number of hydrogen-bond donors (Lipinski definition) is 3. The van der Waals surface area contributed by atoms with Crippen LogP contribution in [0.5, 0.6) is 0 Å². The highest BCUT2D eigenvalue weighted by Crippen LogP contribution is 2.13. The van der Waals surface area contributed by atoms with Crippen LogP contribution in [-0.2, 0) is 9.59 Å². The number of nitrogens with one attached hydrogen (secondary N) is 1. The smallest absolute Gasteiger partial charge is 0.328 e. The van der Waals surface area contributed by atoms with E-state index in [0.717, 1.165) is 11.6 Å². The van der Waals surface area contributed by atoms with Crippen molar-refractivity contribution in [3.05, 3.63) is 51.9 Å². The molecular formula is C17H17NO6. The van der Waals surface area contributed by atoms with Gasteiger partial charge in [0.15, 0.2) is 11.5 Å². The fraction of sp³-hybridized carbons (Fsp3) is 0.235. The maximum atomic E-state index is 12.4. The molecule has 1 amide bonds. The third-order valence-electron chi connectivity index (χ3n) is 3.42. The molecule has 0 bridgehead atoms. The van der Waals surface area contributed by atoms with E-state index >= 15 is 0 Å². The highest BCUT2D eigenvalue weighted by molar-refractivity contribution is 5.94. The van der Waals surface area contributed by atoms with Crippen molar-refractivity contribution >= 4 is 28.9 Å². The summed E-state index contributed by atoms with van der Waals surface area (Å²) in [5.41, 5.74) is 1.20. The summed E-state index contributed by atoms with van der Waals surface area (Å²) in [5, 5.41) is 20.8. The first-order valence-corrected chi connectivity index (χ1v) is 7.21. The molecule has 0 aliphatic rings. The van der Waals surface area contributed by atoms with Crippen molar-refractivity contribution in [1.82, 2.24) is 5.32 Å². The van der Waals surface area contributed by atoms with E-state index in [4.69, 9.17) is 9.52 Å². The molecule has 1 aromatic carbocycles. The van der Waals surface area contributed by atoms with Crippen LogP contribution in [0.4, 0.5) is 0 Å². The van der Waals surface area contributed by atoms with Crippen molar-refractivity contribution in [2.45, 2.75) is 26.0 Å². The second-order valence-corrected chi connectivity index (χ2v) is 5.42. The van der Waals surface area contributed by atoms with Crippen molar-refractivity contribution in [2.24, 2.45) is 0 Å². The predicted molar refractivity (Wildman–Crippen MR) is 87.5 cm³/mol. The van der Waals surface area contributed by atoms with Gasteiger partial charge in [0.2, 0.25) is 5.91 Å². The van der Waals surface area contributed by atoms with E-state index in [9.17, 15) is 19.5 Å². The second kappa shape index (κ2) is 7.10. The number of fused-ring (bicyclic) bond motifs is 1. The minimum Gasteiger partial charge on any atom is -0.480 e. The lowest BCUT2D eigenvalue weighted by molar-refractivity contribution is -0.144. The first-order chi connectivity index (χ1) is 11.3. The molecule has 0 fully saturated rings. The molecule has 0 aliphatic heterocycles. The summed E-state index contributed by atoms with van der Waals surface area (Å²) in [5.74, 6) is -2.10. The molecule has 126 valence electrons. The van der Waals surface area contributed by atoms with Gasteiger partial charge in [-0.25, -0.2) is 4.79 Å². The lowest BCUT2D eigenvalue weighted by atomic mass is 10.1. The average molecular weight is 331 g/mol. The lowest BCUT2D eigenvalue weighted by Crippen LogP contribution is -2.47. The normalized spacial score (nSPS) is 13.8. The van der Waals surface area contributed by atoms with Gasteiger partial charge in [-0.15, -0.1) is 0 Å². The van der Waals surface area contributed by atoms with Crippen LogP contribution >= 0.6 is 0 Å². The van der Waals surface area contributed by atoms with Gasteiger partial charge < -0.3 is 19.9 Å². The largest absolute Gasteiger partial charge is 0.480 e. The molecular weight excluding hydrogens is 314 g/mol. The number of aliphatic hydroxyl groups is 1. The lowest BCUT2D eigenvalue weighted by Gasteiger charge is -2.15. The molecule has 0 saturated heterocycles. The Hall–Kier alpha value is -2.93. The summed E-state index contributed by atoms with van der Waals surface area (Å²) in [6.45, 7) is 3.10. The Balaban J connectivity index is 2.24. The van der Waals surface area contributed by atoms with Gasteiger partial charge in [-0.2, -0.15) is 0 Å².